The Morgan fingerprint density at radius 3 is 1.80 bits per heavy atom. The second kappa shape index (κ2) is 17.7. The monoisotopic (exact) mass is 608 g/mol. The van der Waals surface area contributed by atoms with E-state index in [-0.39, 0.29) is 41.4 Å². The first-order valence-electron chi connectivity index (χ1n) is 12.8. The van der Waals surface area contributed by atoms with Crippen LogP contribution < -0.4 is 14.2 Å². The highest BCUT2D eigenvalue weighted by atomic mass is 35.5. The van der Waals surface area contributed by atoms with E-state index in [0.29, 0.717) is 26.4 Å². The van der Waals surface area contributed by atoms with Gasteiger partial charge in [0.1, 0.15) is 0 Å². The van der Waals surface area contributed by atoms with Gasteiger partial charge < -0.3 is 37.9 Å². The summed E-state index contributed by atoms with van der Waals surface area (Å²) >= 11 is 13.4. The van der Waals surface area contributed by atoms with Gasteiger partial charge in [-0.3, -0.25) is 4.79 Å². The predicted octanol–water partition coefficient (Wildman–Crippen LogP) is 5.96. The molecule has 0 aromatic heterocycles. The van der Waals surface area contributed by atoms with Gasteiger partial charge in [-0.2, -0.15) is 0 Å². The molecule has 41 heavy (non-hydrogen) atoms. The van der Waals surface area contributed by atoms with Gasteiger partial charge in [0.25, 0.3) is 0 Å². The summed E-state index contributed by atoms with van der Waals surface area (Å²) < 4.78 is 43.9. The fraction of sp³-hybridized carbons (Fsp3) is 0.367. The molecule has 0 aliphatic heterocycles. The Hall–Kier alpha value is -3.05. The van der Waals surface area contributed by atoms with Crippen LogP contribution in [0.5, 0.6) is 17.2 Å². The summed E-state index contributed by atoms with van der Waals surface area (Å²) in [5.74, 6) is -0.285. The van der Waals surface area contributed by atoms with Gasteiger partial charge in [-0.25, -0.2) is 0 Å². The Bertz CT molecular complexity index is 1160. The van der Waals surface area contributed by atoms with Crippen LogP contribution >= 0.6 is 23.2 Å². The van der Waals surface area contributed by atoms with Crippen molar-refractivity contribution in [3.63, 3.8) is 0 Å². The molecule has 0 amide bonds. The molecule has 1 unspecified atom stereocenters. The summed E-state index contributed by atoms with van der Waals surface area (Å²) in [6.07, 6.45) is -0.691. The molecule has 9 nitrogen and oxygen atoms in total. The van der Waals surface area contributed by atoms with Gasteiger partial charge in [0.2, 0.25) is 5.75 Å². The minimum absolute atomic E-state index is 0.0555. The standard InChI is InChI=1S/C30H34Cl2O9/c1-34-14-16-37-19-39-24-18-23(25(31)29(36-3)28(24)40-20-38-17-15-35-2)26(32)30(33)41-27(21-10-6-4-7-11-21)22-12-8-5-9-13-22/h4-13,18,26-27H,14-17,19-20H2,1-3H3. The minimum atomic E-state index is -1.31. The molecular weight excluding hydrogens is 575 g/mol. The van der Waals surface area contributed by atoms with Crippen LogP contribution in [0.4, 0.5) is 0 Å². The second-order valence-electron chi connectivity index (χ2n) is 8.47. The van der Waals surface area contributed by atoms with Crippen molar-refractivity contribution >= 4 is 29.2 Å². The van der Waals surface area contributed by atoms with Gasteiger partial charge >= 0.3 is 5.97 Å². The zero-order valence-corrected chi connectivity index (χ0v) is 24.7. The molecule has 0 heterocycles. The number of benzene rings is 3. The molecule has 3 aromatic rings. The van der Waals surface area contributed by atoms with Crippen molar-refractivity contribution in [1.29, 1.82) is 0 Å². The van der Waals surface area contributed by atoms with E-state index in [9.17, 15) is 4.79 Å². The van der Waals surface area contributed by atoms with Gasteiger partial charge in [-0.15, -0.1) is 11.6 Å². The first kappa shape index (κ1) is 32.5. The number of carbonyl (C=O) groups excluding carboxylic acids is 1. The molecule has 0 fully saturated rings. The van der Waals surface area contributed by atoms with Crippen molar-refractivity contribution in [2.24, 2.45) is 0 Å². The van der Waals surface area contributed by atoms with E-state index in [4.69, 9.17) is 61.1 Å². The predicted molar refractivity (Wildman–Crippen MR) is 154 cm³/mol. The average molecular weight is 609 g/mol. The van der Waals surface area contributed by atoms with Crippen LogP contribution in [-0.4, -0.2) is 67.3 Å². The largest absolute Gasteiger partial charge is 0.491 e. The van der Waals surface area contributed by atoms with Gasteiger partial charge in [-0.1, -0.05) is 72.3 Å². The maximum atomic E-state index is 13.5. The van der Waals surface area contributed by atoms with E-state index in [0.717, 1.165) is 11.1 Å². The Kier molecular flexibility index (Phi) is 14.0. The highest BCUT2D eigenvalue weighted by molar-refractivity contribution is 6.36. The quantitative estimate of drug-likeness (QED) is 0.0750. The number of methoxy groups -OCH3 is 3. The van der Waals surface area contributed by atoms with Crippen LogP contribution in [0.15, 0.2) is 66.7 Å². The summed E-state index contributed by atoms with van der Waals surface area (Å²) in [5, 5.41) is -1.25. The molecule has 0 N–H and O–H groups in total. The van der Waals surface area contributed by atoms with E-state index in [1.54, 1.807) is 14.2 Å². The van der Waals surface area contributed by atoms with Crippen LogP contribution in [-0.2, 0) is 28.5 Å². The van der Waals surface area contributed by atoms with E-state index >= 15 is 0 Å². The lowest BCUT2D eigenvalue weighted by Crippen LogP contribution is -2.18. The number of esters is 1. The Balaban J connectivity index is 1.90. The highest BCUT2D eigenvalue weighted by Crippen LogP contribution is 2.48. The number of rotatable bonds is 18. The van der Waals surface area contributed by atoms with Crippen molar-refractivity contribution < 1.29 is 42.7 Å². The number of hydrogen-bond donors (Lipinski definition) is 0. The molecule has 222 valence electrons. The third-order valence-electron chi connectivity index (χ3n) is 5.74. The molecule has 3 rings (SSSR count). The zero-order valence-electron chi connectivity index (χ0n) is 23.2. The molecule has 1 atom stereocenters. The fourth-order valence-corrected chi connectivity index (χ4v) is 4.32. The Morgan fingerprint density at radius 2 is 1.29 bits per heavy atom. The van der Waals surface area contributed by atoms with Gasteiger partial charge in [-0.05, 0) is 17.2 Å². The van der Waals surface area contributed by atoms with Gasteiger partial charge in [0.15, 0.2) is 36.6 Å². The molecular formula is C30H34Cl2O9. The molecule has 0 radical (unpaired) electrons. The van der Waals surface area contributed by atoms with E-state index in [2.05, 4.69) is 0 Å². The molecule has 0 aliphatic rings. The molecule has 0 bridgehead atoms. The third kappa shape index (κ3) is 9.49. The second-order valence-corrected chi connectivity index (χ2v) is 9.28. The van der Waals surface area contributed by atoms with Crippen molar-refractivity contribution in [3.05, 3.63) is 88.4 Å². The maximum absolute atomic E-state index is 13.5. The zero-order chi connectivity index (χ0) is 29.5. The van der Waals surface area contributed by atoms with Crippen molar-refractivity contribution in [2.45, 2.75) is 11.5 Å². The number of ether oxygens (including phenoxy) is 8. The Morgan fingerprint density at radius 1 is 0.756 bits per heavy atom. The van der Waals surface area contributed by atoms with Crippen molar-refractivity contribution in [2.75, 3.05) is 61.3 Å². The molecule has 0 saturated carbocycles. The maximum Gasteiger partial charge on any atom is 0.329 e. The molecule has 0 aliphatic carbocycles. The summed E-state index contributed by atoms with van der Waals surface area (Å²) in [5.41, 5.74) is 1.78. The van der Waals surface area contributed by atoms with E-state index < -0.39 is 17.5 Å². The lowest BCUT2D eigenvalue weighted by molar-refractivity contribution is -0.147. The minimum Gasteiger partial charge on any atom is -0.491 e. The highest BCUT2D eigenvalue weighted by Gasteiger charge is 2.31. The number of alkyl halides is 1. The first-order chi connectivity index (χ1) is 20.0. The molecule has 11 heteroatoms. The number of carbonyl (C=O) groups is 1. The number of hydrogen-bond acceptors (Lipinski definition) is 9. The summed E-state index contributed by atoms with van der Waals surface area (Å²) in [6, 6.07) is 20.2. The van der Waals surface area contributed by atoms with Crippen molar-refractivity contribution in [1.82, 2.24) is 0 Å². The van der Waals surface area contributed by atoms with Crippen LogP contribution in [0.2, 0.25) is 5.02 Å². The first-order valence-corrected chi connectivity index (χ1v) is 13.6. The van der Waals surface area contributed by atoms with E-state index in [1.165, 1.54) is 13.2 Å². The van der Waals surface area contributed by atoms with Crippen LogP contribution in [0.3, 0.4) is 0 Å². The SMILES string of the molecule is COCCOCOc1cc(C(Cl)C(=O)OC(c2ccccc2)c2ccccc2)c(Cl)c(OC)c1OCOCCOC. The third-order valence-corrected chi connectivity index (χ3v) is 6.54. The smallest absolute Gasteiger partial charge is 0.329 e. The summed E-state index contributed by atoms with van der Waals surface area (Å²) in [6.45, 7) is 1.10. The lowest BCUT2D eigenvalue weighted by Gasteiger charge is -2.23. The molecule has 0 spiro atoms. The molecule has 0 saturated heterocycles. The van der Waals surface area contributed by atoms with E-state index in [1.807, 2.05) is 60.7 Å². The topological polar surface area (TPSA) is 90.9 Å². The molecule has 3 aromatic carbocycles. The van der Waals surface area contributed by atoms with Crippen molar-refractivity contribution in [3.8, 4) is 17.2 Å². The number of halogens is 2. The average Bonchev–Trinajstić information content (AvgIpc) is 3.00. The fourth-order valence-electron chi connectivity index (χ4n) is 3.72. The van der Waals surface area contributed by atoms with Gasteiger partial charge in [0.05, 0.1) is 38.6 Å². The lowest BCUT2D eigenvalue weighted by atomic mass is 10.0. The van der Waals surface area contributed by atoms with Crippen LogP contribution in [0.25, 0.3) is 0 Å². The van der Waals surface area contributed by atoms with Crippen LogP contribution in [0.1, 0.15) is 28.2 Å². The Labute approximate surface area is 250 Å². The van der Waals surface area contributed by atoms with Crippen LogP contribution in [0, 0.1) is 0 Å². The summed E-state index contributed by atoms with van der Waals surface area (Å²) in [7, 11) is 4.54. The summed E-state index contributed by atoms with van der Waals surface area (Å²) in [4.78, 5) is 13.5. The van der Waals surface area contributed by atoms with Gasteiger partial charge in [0, 0.05) is 19.8 Å². The normalized spacial score (nSPS) is 11.8.